The van der Waals surface area contributed by atoms with Crippen LogP contribution in [-0.2, 0) is 9.59 Å². The molecule has 4 aliphatic heterocycles. The van der Waals surface area contributed by atoms with Gasteiger partial charge in [-0.05, 0) is 19.4 Å². The van der Waals surface area contributed by atoms with Gasteiger partial charge in [-0.1, -0.05) is 51.9 Å². The molecule has 24 heavy (non-hydrogen) atoms. The number of nitrogens with zero attached hydrogens (tertiary/aromatic N) is 3. The molecule has 4 fully saturated rings. The first-order chi connectivity index (χ1) is 11.3. The summed E-state index contributed by atoms with van der Waals surface area (Å²) in [5.74, 6) is -0.158. The van der Waals surface area contributed by atoms with Crippen LogP contribution in [0.25, 0.3) is 0 Å². The number of benzene rings is 1. The molecule has 0 N–H and O–H groups in total. The Balaban J connectivity index is 1.95. The standard InChI is InChI=1S/C17H17N3O2S2/c1-15(10-18)9-17-14(22)19(3)16(2,23-24-17)13(21)20(17)12(15)11-7-5-4-6-8-11/h4-8,12H,9H2,1-3H3/t12?,15-,16-,17?/m1/s1. The zero-order valence-electron chi connectivity index (χ0n) is 13.6. The molecule has 7 heteroatoms. The van der Waals surface area contributed by atoms with Crippen LogP contribution in [0.4, 0.5) is 0 Å². The first-order valence-corrected chi connectivity index (χ1v) is 9.90. The predicted molar refractivity (Wildman–Crippen MR) is 93.5 cm³/mol. The Morgan fingerprint density at radius 2 is 1.83 bits per heavy atom. The second-order valence-corrected chi connectivity index (χ2v) is 9.80. The summed E-state index contributed by atoms with van der Waals surface area (Å²) in [6, 6.07) is 11.6. The van der Waals surface area contributed by atoms with Crippen LogP contribution in [0, 0.1) is 16.7 Å². The lowest BCUT2D eigenvalue weighted by Crippen LogP contribution is -2.73. The summed E-state index contributed by atoms with van der Waals surface area (Å²) >= 11 is 0. The molecule has 2 amide bonds. The third kappa shape index (κ3) is 1.63. The molecule has 2 bridgehead atoms. The highest BCUT2D eigenvalue weighted by molar-refractivity contribution is 8.78. The maximum Gasteiger partial charge on any atom is 0.261 e. The molecule has 1 aromatic carbocycles. The van der Waals surface area contributed by atoms with Crippen LogP contribution >= 0.6 is 21.6 Å². The fourth-order valence-corrected chi connectivity index (χ4v) is 7.64. The zero-order chi connectivity index (χ0) is 17.3. The first kappa shape index (κ1) is 15.9. The average Bonchev–Trinajstić information content (AvgIpc) is 2.87. The van der Waals surface area contributed by atoms with Crippen molar-refractivity contribution in [3.05, 3.63) is 35.9 Å². The van der Waals surface area contributed by atoms with Crippen LogP contribution in [0.1, 0.15) is 31.9 Å². The van der Waals surface area contributed by atoms with Crippen LogP contribution in [0.15, 0.2) is 30.3 Å². The van der Waals surface area contributed by atoms with E-state index < -0.39 is 21.2 Å². The number of piperazine rings is 1. The number of likely N-dealkylation sites (N-methyl/N-ethyl adjacent to an activating group) is 1. The van der Waals surface area contributed by atoms with Crippen LogP contribution in [0.2, 0.25) is 0 Å². The highest BCUT2D eigenvalue weighted by atomic mass is 33.1. The van der Waals surface area contributed by atoms with E-state index in [0.717, 1.165) is 5.56 Å². The molecule has 0 saturated carbocycles. The minimum absolute atomic E-state index is 0.0757. The summed E-state index contributed by atoms with van der Waals surface area (Å²) in [5.41, 5.74) is 0.0976. The van der Waals surface area contributed by atoms with Crippen molar-refractivity contribution in [2.24, 2.45) is 5.41 Å². The van der Waals surface area contributed by atoms with Crippen molar-refractivity contribution in [3.8, 4) is 6.07 Å². The predicted octanol–water partition coefficient (Wildman–Crippen LogP) is 2.77. The summed E-state index contributed by atoms with van der Waals surface area (Å²) < 4.78 is 0. The largest absolute Gasteiger partial charge is 0.319 e. The number of carbonyl (C=O) groups excluding carboxylic acids is 2. The Labute approximate surface area is 148 Å². The van der Waals surface area contributed by atoms with Gasteiger partial charge in [0.2, 0.25) is 0 Å². The summed E-state index contributed by atoms with van der Waals surface area (Å²) in [6.07, 6.45) is 0.346. The van der Waals surface area contributed by atoms with E-state index in [2.05, 4.69) is 6.07 Å². The molecule has 0 radical (unpaired) electrons. The Kier molecular flexibility index (Phi) is 3.11. The van der Waals surface area contributed by atoms with E-state index in [1.165, 1.54) is 21.6 Å². The quantitative estimate of drug-likeness (QED) is 0.722. The van der Waals surface area contributed by atoms with Crippen LogP contribution in [0.3, 0.4) is 0 Å². The van der Waals surface area contributed by atoms with E-state index in [4.69, 9.17) is 0 Å². The zero-order valence-corrected chi connectivity index (χ0v) is 15.3. The van der Waals surface area contributed by atoms with E-state index >= 15 is 0 Å². The topological polar surface area (TPSA) is 64.4 Å². The van der Waals surface area contributed by atoms with Gasteiger partial charge >= 0.3 is 0 Å². The maximum atomic E-state index is 13.3. The van der Waals surface area contributed by atoms with E-state index in [1.54, 1.807) is 23.8 Å². The number of nitriles is 1. The molecule has 5 nitrogen and oxygen atoms in total. The van der Waals surface area contributed by atoms with Gasteiger partial charge in [0.05, 0.1) is 17.5 Å². The minimum Gasteiger partial charge on any atom is -0.319 e. The molecule has 1 spiro atoms. The van der Waals surface area contributed by atoms with E-state index in [0.29, 0.717) is 6.42 Å². The smallest absolute Gasteiger partial charge is 0.261 e. The number of fused-ring (bicyclic) bond motifs is 2. The summed E-state index contributed by atoms with van der Waals surface area (Å²) in [5, 5.41) is 9.90. The molecule has 5 rings (SSSR count). The second-order valence-electron chi connectivity index (χ2n) is 6.99. The van der Waals surface area contributed by atoms with Crippen molar-refractivity contribution in [2.45, 2.75) is 36.1 Å². The lowest BCUT2D eigenvalue weighted by molar-refractivity contribution is -0.164. The van der Waals surface area contributed by atoms with Crippen LogP contribution in [0.5, 0.6) is 0 Å². The molecule has 4 saturated heterocycles. The highest BCUT2D eigenvalue weighted by Crippen LogP contribution is 2.69. The Morgan fingerprint density at radius 3 is 2.46 bits per heavy atom. The molecule has 4 atom stereocenters. The second kappa shape index (κ2) is 4.70. The molecular formula is C17H17N3O2S2. The first-order valence-electron chi connectivity index (χ1n) is 7.75. The number of rotatable bonds is 1. The van der Waals surface area contributed by atoms with E-state index in [1.807, 2.05) is 37.3 Å². The van der Waals surface area contributed by atoms with Crippen LogP contribution < -0.4 is 0 Å². The molecule has 2 unspecified atom stereocenters. The fourth-order valence-electron chi connectivity index (χ4n) is 4.06. The fraction of sp³-hybridized carbons (Fsp3) is 0.471. The maximum absolute atomic E-state index is 13.3. The summed E-state index contributed by atoms with van der Waals surface area (Å²) in [7, 11) is 4.56. The molecule has 0 aromatic heterocycles. The number of hydrogen-bond donors (Lipinski definition) is 0. The SMILES string of the molecule is CN1C(=O)C23C[C@](C)(C#N)C(c4ccccc4)N2C(=O)[C@@]1(C)SS3. The number of amides is 2. The summed E-state index contributed by atoms with van der Waals surface area (Å²) in [4.78, 5) is 27.8. The van der Waals surface area contributed by atoms with E-state index in [9.17, 15) is 14.9 Å². The molecule has 0 aliphatic carbocycles. The molecule has 4 heterocycles. The van der Waals surface area contributed by atoms with Gasteiger partial charge < -0.3 is 9.80 Å². The Bertz CT molecular complexity index is 795. The third-order valence-electron chi connectivity index (χ3n) is 5.46. The van der Waals surface area contributed by atoms with Gasteiger partial charge in [-0.2, -0.15) is 5.26 Å². The van der Waals surface area contributed by atoms with Crippen molar-refractivity contribution < 1.29 is 9.59 Å². The van der Waals surface area contributed by atoms with Gasteiger partial charge in [0.1, 0.15) is 0 Å². The number of hydrogen-bond acceptors (Lipinski definition) is 5. The van der Waals surface area contributed by atoms with Crippen molar-refractivity contribution in [1.29, 1.82) is 5.26 Å². The molecule has 4 aliphatic rings. The van der Waals surface area contributed by atoms with Gasteiger partial charge in [-0.25, -0.2) is 0 Å². The van der Waals surface area contributed by atoms with Gasteiger partial charge in [0.25, 0.3) is 11.8 Å². The monoisotopic (exact) mass is 359 g/mol. The van der Waals surface area contributed by atoms with Gasteiger partial charge in [-0.15, -0.1) is 0 Å². The minimum atomic E-state index is -0.987. The molecular weight excluding hydrogens is 342 g/mol. The lowest BCUT2D eigenvalue weighted by atomic mass is 9.79. The molecule has 124 valence electrons. The summed E-state index contributed by atoms with van der Waals surface area (Å²) in [6.45, 7) is 3.65. The Hall–Kier alpha value is -1.65. The third-order valence-corrected chi connectivity index (χ3v) is 9.16. The number of carbonyl (C=O) groups is 2. The van der Waals surface area contributed by atoms with E-state index in [-0.39, 0.29) is 11.8 Å². The van der Waals surface area contributed by atoms with Crippen molar-refractivity contribution in [1.82, 2.24) is 9.80 Å². The lowest BCUT2D eigenvalue weighted by Gasteiger charge is -2.57. The van der Waals surface area contributed by atoms with Crippen LogP contribution in [-0.4, -0.2) is 38.4 Å². The van der Waals surface area contributed by atoms with Crippen molar-refractivity contribution in [3.63, 3.8) is 0 Å². The normalized spacial score (nSPS) is 40.7. The average molecular weight is 359 g/mol. The Morgan fingerprint density at radius 1 is 1.17 bits per heavy atom. The van der Waals surface area contributed by atoms with Crippen molar-refractivity contribution >= 4 is 33.4 Å². The highest BCUT2D eigenvalue weighted by Gasteiger charge is 2.74. The molecule has 1 aromatic rings. The van der Waals surface area contributed by atoms with Gasteiger partial charge in [0.15, 0.2) is 9.74 Å². The van der Waals surface area contributed by atoms with Gasteiger partial charge in [-0.3, -0.25) is 9.59 Å². The van der Waals surface area contributed by atoms with Gasteiger partial charge in [0, 0.05) is 13.5 Å². The van der Waals surface area contributed by atoms with Crippen molar-refractivity contribution in [2.75, 3.05) is 7.05 Å².